The lowest BCUT2D eigenvalue weighted by Gasteiger charge is -2.15. The molecule has 3 aromatic rings. The highest BCUT2D eigenvalue weighted by molar-refractivity contribution is 6.41. The van der Waals surface area contributed by atoms with Crippen LogP contribution in [0.15, 0.2) is 71.7 Å². The van der Waals surface area contributed by atoms with E-state index in [0.29, 0.717) is 30.9 Å². The summed E-state index contributed by atoms with van der Waals surface area (Å²) in [5.74, 6) is -3.73. The number of rotatable bonds is 8. The van der Waals surface area contributed by atoms with E-state index in [1.807, 2.05) is 0 Å². The molecule has 0 radical (unpaired) electrons. The predicted octanol–water partition coefficient (Wildman–Crippen LogP) is 3.26. The Morgan fingerprint density at radius 2 is 1.78 bits per heavy atom. The number of hydrogen-bond acceptors (Lipinski definition) is 5. The molecule has 2 atom stereocenters. The fourth-order valence-electron chi connectivity index (χ4n) is 4.36. The van der Waals surface area contributed by atoms with Gasteiger partial charge >= 0.3 is 0 Å². The van der Waals surface area contributed by atoms with E-state index in [-0.39, 0.29) is 24.1 Å². The van der Waals surface area contributed by atoms with E-state index in [1.165, 1.54) is 47.2 Å². The molecule has 1 saturated carbocycles. The summed E-state index contributed by atoms with van der Waals surface area (Å²) in [7, 11) is 0. The maximum Gasteiger partial charge on any atom is 0.292 e. The Balaban J connectivity index is 1.66. The van der Waals surface area contributed by atoms with Gasteiger partial charge in [0.15, 0.2) is 0 Å². The summed E-state index contributed by atoms with van der Waals surface area (Å²) in [6.07, 6.45) is 3.43. The first kappa shape index (κ1) is 26.0. The zero-order valence-electron chi connectivity index (χ0n) is 19.9. The summed E-state index contributed by atoms with van der Waals surface area (Å²) in [5.41, 5.74) is 0.543. The number of pyridine rings is 1. The predicted molar refractivity (Wildman–Crippen MR) is 133 cm³/mol. The molecule has 3 N–H and O–H groups in total. The fourth-order valence-corrected chi connectivity index (χ4v) is 4.36. The molecule has 1 aliphatic carbocycles. The second kappa shape index (κ2) is 11.3. The van der Waals surface area contributed by atoms with Gasteiger partial charge in [-0.3, -0.25) is 14.4 Å². The van der Waals surface area contributed by atoms with Crippen LogP contribution in [-0.4, -0.2) is 38.6 Å². The number of nitrogens with zero attached hydrogens (tertiary/aromatic N) is 1. The number of benzene rings is 2. The normalized spacial score (nSPS) is 17.5. The van der Waals surface area contributed by atoms with Gasteiger partial charge in [0, 0.05) is 17.8 Å². The van der Waals surface area contributed by atoms with Crippen molar-refractivity contribution in [3.8, 4) is 0 Å². The van der Waals surface area contributed by atoms with Crippen molar-refractivity contribution in [2.24, 2.45) is 0 Å². The van der Waals surface area contributed by atoms with Crippen LogP contribution in [-0.2, 0) is 22.6 Å². The van der Waals surface area contributed by atoms with E-state index in [9.17, 15) is 33.4 Å². The number of hydrogen-bond donors (Lipinski definition) is 3. The van der Waals surface area contributed by atoms with Gasteiger partial charge in [0.2, 0.25) is 5.78 Å². The molecule has 1 fully saturated rings. The Hall–Kier alpha value is -4.11. The van der Waals surface area contributed by atoms with Crippen molar-refractivity contribution in [1.82, 2.24) is 9.88 Å². The van der Waals surface area contributed by atoms with Gasteiger partial charge in [0.05, 0.1) is 24.3 Å². The molecule has 0 saturated heterocycles. The molecule has 4 rings (SSSR count). The van der Waals surface area contributed by atoms with Crippen LogP contribution in [0.3, 0.4) is 0 Å². The summed E-state index contributed by atoms with van der Waals surface area (Å²) in [4.78, 5) is 37.9. The highest BCUT2D eigenvalue weighted by Gasteiger charge is 2.28. The minimum absolute atomic E-state index is 0.142. The number of nitrogens with one attached hydrogen (secondary N) is 1. The Labute approximate surface area is 211 Å². The molecule has 192 valence electrons. The summed E-state index contributed by atoms with van der Waals surface area (Å²) in [5, 5.41) is 23.0. The van der Waals surface area contributed by atoms with Gasteiger partial charge in [-0.25, -0.2) is 8.78 Å². The SMILES string of the molecule is O=C(C=C(O)c1cc(Cc2ccc(F)cc2)cn(Cc2ccccc2F)c1=O)C(=O)N[C@@H]1CCC[C@H]1O. The van der Waals surface area contributed by atoms with Crippen molar-refractivity contribution in [2.75, 3.05) is 0 Å². The zero-order chi connectivity index (χ0) is 26.5. The average Bonchev–Trinajstić information content (AvgIpc) is 3.27. The number of ketones is 1. The van der Waals surface area contributed by atoms with Crippen LogP contribution in [0.5, 0.6) is 0 Å². The van der Waals surface area contributed by atoms with Crippen molar-refractivity contribution in [3.05, 3.63) is 111 Å². The average molecular weight is 509 g/mol. The Morgan fingerprint density at radius 1 is 1.05 bits per heavy atom. The maximum absolute atomic E-state index is 14.3. The van der Waals surface area contributed by atoms with Crippen LogP contribution in [0.1, 0.15) is 41.5 Å². The molecule has 1 aromatic heterocycles. The summed E-state index contributed by atoms with van der Waals surface area (Å²) < 4.78 is 28.8. The van der Waals surface area contributed by atoms with Gasteiger partial charge < -0.3 is 20.1 Å². The van der Waals surface area contributed by atoms with Gasteiger partial charge in [0.25, 0.3) is 11.5 Å². The maximum atomic E-state index is 14.3. The molecule has 1 amide bonds. The van der Waals surface area contributed by atoms with Crippen molar-refractivity contribution in [3.63, 3.8) is 0 Å². The minimum Gasteiger partial charge on any atom is -0.507 e. The Bertz CT molecular complexity index is 1400. The smallest absolute Gasteiger partial charge is 0.292 e. The van der Waals surface area contributed by atoms with Gasteiger partial charge in [-0.15, -0.1) is 0 Å². The van der Waals surface area contributed by atoms with Crippen LogP contribution in [0.2, 0.25) is 0 Å². The molecule has 2 aromatic carbocycles. The van der Waals surface area contributed by atoms with Crippen LogP contribution >= 0.6 is 0 Å². The number of amides is 1. The Kier molecular flexibility index (Phi) is 7.93. The molecule has 1 heterocycles. The molecule has 1 aliphatic rings. The van der Waals surface area contributed by atoms with Gasteiger partial charge in [-0.05, 0) is 61.1 Å². The zero-order valence-corrected chi connectivity index (χ0v) is 19.9. The monoisotopic (exact) mass is 508 g/mol. The number of halogens is 2. The van der Waals surface area contributed by atoms with E-state index < -0.39 is 46.8 Å². The number of carbonyl (C=O) groups is 2. The van der Waals surface area contributed by atoms with Crippen LogP contribution in [0, 0.1) is 11.6 Å². The minimum atomic E-state index is -1.08. The van der Waals surface area contributed by atoms with E-state index in [2.05, 4.69) is 5.32 Å². The topological polar surface area (TPSA) is 109 Å². The lowest BCUT2D eigenvalue weighted by molar-refractivity contribution is -0.136. The summed E-state index contributed by atoms with van der Waals surface area (Å²) >= 11 is 0. The van der Waals surface area contributed by atoms with Gasteiger partial charge in [-0.1, -0.05) is 30.3 Å². The first-order valence-corrected chi connectivity index (χ1v) is 11.9. The molecule has 0 unspecified atom stereocenters. The molecular formula is C28H26F2N2O5. The fraction of sp³-hybridized carbons (Fsp3) is 0.250. The largest absolute Gasteiger partial charge is 0.507 e. The van der Waals surface area contributed by atoms with Gasteiger partial charge in [-0.2, -0.15) is 0 Å². The molecule has 7 nitrogen and oxygen atoms in total. The third-order valence-electron chi connectivity index (χ3n) is 6.33. The van der Waals surface area contributed by atoms with E-state index in [0.717, 1.165) is 5.56 Å². The third-order valence-corrected chi connectivity index (χ3v) is 6.33. The third kappa shape index (κ3) is 6.37. The highest BCUT2D eigenvalue weighted by Crippen LogP contribution is 2.19. The number of aliphatic hydroxyl groups is 2. The van der Waals surface area contributed by atoms with Crippen molar-refractivity contribution >= 4 is 17.4 Å². The van der Waals surface area contributed by atoms with Gasteiger partial charge in [0.1, 0.15) is 17.4 Å². The van der Waals surface area contributed by atoms with E-state index in [1.54, 1.807) is 18.2 Å². The number of aromatic nitrogens is 1. The lowest BCUT2D eigenvalue weighted by Crippen LogP contribution is -2.42. The van der Waals surface area contributed by atoms with E-state index >= 15 is 0 Å². The molecule has 0 spiro atoms. The number of aliphatic hydroxyl groups excluding tert-OH is 2. The van der Waals surface area contributed by atoms with Crippen LogP contribution in [0.4, 0.5) is 8.78 Å². The van der Waals surface area contributed by atoms with Crippen LogP contribution in [0.25, 0.3) is 5.76 Å². The summed E-state index contributed by atoms with van der Waals surface area (Å²) in [6, 6.07) is 12.5. The summed E-state index contributed by atoms with van der Waals surface area (Å²) in [6.45, 7) is -0.142. The number of carbonyl (C=O) groups excluding carboxylic acids is 2. The Morgan fingerprint density at radius 3 is 2.46 bits per heavy atom. The molecular weight excluding hydrogens is 482 g/mol. The van der Waals surface area contributed by atoms with Crippen LogP contribution < -0.4 is 10.9 Å². The standard InChI is InChI=1S/C28H26F2N2O5/c29-20-10-8-17(9-11-20)12-18-13-21(28(37)32(15-18)16-19-4-1-2-5-22(19)30)25(34)14-26(35)27(36)31-23-6-3-7-24(23)33/h1-2,4-5,8-11,13-15,23-24,33-34H,3,6-7,12,16H2,(H,31,36)/t23-,24-/m1/s1. The van der Waals surface area contributed by atoms with Crippen molar-refractivity contribution < 1.29 is 28.6 Å². The lowest BCUT2D eigenvalue weighted by atomic mass is 10.0. The molecule has 0 aliphatic heterocycles. The molecule has 37 heavy (non-hydrogen) atoms. The first-order valence-electron chi connectivity index (χ1n) is 11.9. The second-order valence-corrected chi connectivity index (χ2v) is 9.06. The first-order chi connectivity index (χ1) is 17.7. The van der Waals surface area contributed by atoms with E-state index in [4.69, 9.17) is 0 Å². The van der Waals surface area contributed by atoms with Crippen molar-refractivity contribution in [1.29, 1.82) is 0 Å². The molecule has 0 bridgehead atoms. The highest BCUT2D eigenvalue weighted by atomic mass is 19.1. The quantitative estimate of drug-likeness (QED) is 0.246. The second-order valence-electron chi connectivity index (χ2n) is 9.06. The van der Waals surface area contributed by atoms with Crippen molar-refractivity contribution in [2.45, 2.75) is 44.4 Å². The molecule has 9 heteroatoms.